The molecule has 1 fully saturated rings. The summed E-state index contributed by atoms with van der Waals surface area (Å²) in [7, 11) is 0. The van der Waals surface area contributed by atoms with Gasteiger partial charge in [0.1, 0.15) is 0 Å². The molecule has 2 aromatic rings. The summed E-state index contributed by atoms with van der Waals surface area (Å²) in [5.74, 6) is 0.598. The molecule has 5 nitrogen and oxygen atoms in total. The molecule has 2 heterocycles. The van der Waals surface area contributed by atoms with Crippen molar-refractivity contribution in [2.24, 2.45) is 0 Å². The predicted octanol–water partition coefficient (Wildman–Crippen LogP) is 1.54. The number of halogens is 1. The van der Waals surface area contributed by atoms with Crippen molar-refractivity contribution < 1.29 is 0 Å². The van der Waals surface area contributed by atoms with Crippen LogP contribution in [0.3, 0.4) is 0 Å². The number of nitrogens with two attached hydrogens (primary N) is 1. The van der Waals surface area contributed by atoms with E-state index in [1.54, 1.807) is 6.20 Å². The maximum atomic E-state index is 11.8. The van der Waals surface area contributed by atoms with Crippen LogP contribution in [0.1, 0.15) is 24.5 Å². The van der Waals surface area contributed by atoms with Crippen molar-refractivity contribution >= 4 is 32.8 Å². The van der Waals surface area contributed by atoms with E-state index in [0.717, 1.165) is 23.0 Å². The van der Waals surface area contributed by atoms with Gasteiger partial charge in [-0.1, -0.05) is 0 Å². The lowest BCUT2D eigenvalue weighted by molar-refractivity contribution is 1.01. The summed E-state index contributed by atoms with van der Waals surface area (Å²) >= 11 is 3.43. The molecule has 1 aliphatic rings. The molecule has 0 atom stereocenters. The monoisotopic (exact) mass is 280 g/mol. The number of hydrogen-bond donors (Lipinski definition) is 2. The number of fused-ring (bicyclic) bond motifs is 1. The van der Waals surface area contributed by atoms with E-state index in [1.807, 2.05) is 0 Å². The fourth-order valence-electron chi connectivity index (χ4n) is 1.77. The summed E-state index contributed by atoms with van der Waals surface area (Å²) < 4.78 is 0.751. The lowest BCUT2D eigenvalue weighted by Gasteiger charge is -2.05. The SMILES string of the molecule is Nc1nc2cnc(C3CC3)c(Br)c2c(=O)[nH]1. The Morgan fingerprint density at radius 3 is 2.94 bits per heavy atom. The molecule has 2 aromatic heterocycles. The Hall–Kier alpha value is -1.43. The summed E-state index contributed by atoms with van der Waals surface area (Å²) in [6.45, 7) is 0. The summed E-state index contributed by atoms with van der Waals surface area (Å²) in [4.78, 5) is 22.7. The van der Waals surface area contributed by atoms with Crippen molar-refractivity contribution in [2.45, 2.75) is 18.8 Å². The molecule has 0 aliphatic heterocycles. The molecule has 0 spiro atoms. The zero-order chi connectivity index (χ0) is 11.3. The molecule has 16 heavy (non-hydrogen) atoms. The van der Waals surface area contributed by atoms with Crippen molar-refractivity contribution in [3.8, 4) is 0 Å². The highest BCUT2D eigenvalue weighted by Crippen LogP contribution is 2.43. The van der Waals surface area contributed by atoms with Gasteiger partial charge in [-0.2, -0.15) is 0 Å². The van der Waals surface area contributed by atoms with Crippen LogP contribution in [0.25, 0.3) is 10.9 Å². The van der Waals surface area contributed by atoms with Gasteiger partial charge in [-0.25, -0.2) is 4.98 Å². The van der Waals surface area contributed by atoms with E-state index in [2.05, 4.69) is 30.9 Å². The molecule has 0 radical (unpaired) electrons. The highest BCUT2D eigenvalue weighted by molar-refractivity contribution is 9.10. The van der Waals surface area contributed by atoms with E-state index in [9.17, 15) is 4.79 Å². The lowest BCUT2D eigenvalue weighted by Crippen LogP contribution is -2.12. The van der Waals surface area contributed by atoms with Gasteiger partial charge in [-0.05, 0) is 28.8 Å². The van der Waals surface area contributed by atoms with Gasteiger partial charge in [-0.3, -0.25) is 14.8 Å². The van der Waals surface area contributed by atoms with Crippen LogP contribution in [-0.4, -0.2) is 15.0 Å². The highest BCUT2D eigenvalue weighted by Gasteiger charge is 2.28. The molecule has 6 heteroatoms. The van der Waals surface area contributed by atoms with Crippen LogP contribution in [0.2, 0.25) is 0 Å². The van der Waals surface area contributed by atoms with Crippen LogP contribution in [0.5, 0.6) is 0 Å². The summed E-state index contributed by atoms with van der Waals surface area (Å²) in [6.07, 6.45) is 3.88. The molecule has 0 unspecified atom stereocenters. The number of pyridine rings is 1. The fourth-order valence-corrected chi connectivity index (χ4v) is 2.58. The van der Waals surface area contributed by atoms with E-state index >= 15 is 0 Å². The molecule has 0 amide bonds. The number of aromatic amines is 1. The second kappa shape index (κ2) is 3.28. The first-order valence-corrected chi connectivity index (χ1v) is 5.80. The van der Waals surface area contributed by atoms with Crippen molar-refractivity contribution in [3.05, 3.63) is 26.7 Å². The third kappa shape index (κ3) is 1.41. The minimum Gasteiger partial charge on any atom is -0.369 e. The smallest absolute Gasteiger partial charge is 0.261 e. The topological polar surface area (TPSA) is 84.7 Å². The van der Waals surface area contributed by atoms with E-state index < -0.39 is 0 Å². The van der Waals surface area contributed by atoms with E-state index in [4.69, 9.17) is 5.73 Å². The standard InChI is InChI=1S/C10H9BrN4O/c11-7-6-5(14-10(12)15-9(6)16)3-13-8(7)4-1-2-4/h3-4H,1-2H2,(H3,12,14,15,16). The molecule has 3 rings (SSSR count). The molecule has 1 aliphatic carbocycles. The van der Waals surface area contributed by atoms with Gasteiger partial charge in [0.05, 0.1) is 27.3 Å². The Labute approximate surface area is 99.2 Å². The van der Waals surface area contributed by atoms with Crippen molar-refractivity contribution in [1.82, 2.24) is 15.0 Å². The zero-order valence-electron chi connectivity index (χ0n) is 8.33. The summed E-state index contributed by atoms with van der Waals surface area (Å²) in [5.41, 5.74) is 6.73. The molecular formula is C10H9BrN4O. The average Bonchev–Trinajstić information content (AvgIpc) is 3.00. The van der Waals surface area contributed by atoms with Crippen LogP contribution in [0.4, 0.5) is 5.95 Å². The first kappa shape index (κ1) is 9.77. The molecule has 0 bridgehead atoms. The Bertz CT molecular complexity index is 632. The normalized spacial score (nSPS) is 15.6. The van der Waals surface area contributed by atoms with Crippen LogP contribution < -0.4 is 11.3 Å². The minimum absolute atomic E-state index is 0.116. The van der Waals surface area contributed by atoms with Crippen LogP contribution >= 0.6 is 15.9 Å². The number of nitrogen functional groups attached to an aromatic ring is 1. The molecule has 3 N–H and O–H groups in total. The number of anilines is 1. The third-order valence-electron chi connectivity index (χ3n) is 2.70. The predicted molar refractivity (Wildman–Crippen MR) is 64.2 cm³/mol. The maximum absolute atomic E-state index is 11.8. The van der Waals surface area contributed by atoms with Crippen molar-refractivity contribution in [2.75, 3.05) is 5.73 Å². The first-order valence-electron chi connectivity index (χ1n) is 5.00. The second-order valence-corrected chi connectivity index (χ2v) is 4.74. The molecule has 0 aromatic carbocycles. The van der Waals surface area contributed by atoms with Gasteiger partial charge in [0.25, 0.3) is 5.56 Å². The lowest BCUT2D eigenvalue weighted by atomic mass is 10.2. The Balaban J connectivity index is 2.39. The Kier molecular flexibility index (Phi) is 2.00. The summed E-state index contributed by atoms with van der Waals surface area (Å²) in [6, 6.07) is 0. The van der Waals surface area contributed by atoms with E-state index in [-0.39, 0.29) is 11.5 Å². The first-order chi connectivity index (χ1) is 7.66. The van der Waals surface area contributed by atoms with Gasteiger partial charge in [-0.15, -0.1) is 0 Å². The average molecular weight is 281 g/mol. The number of hydrogen-bond acceptors (Lipinski definition) is 4. The van der Waals surface area contributed by atoms with Gasteiger partial charge >= 0.3 is 0 Å². The second-order valence-electron chi connectivity index (χ2n) is 3.94. The van der Waals surface area contributed by atoms with Gasteiger partial charge in [0, 0.05) is 5.92 Å². The molecule has 82 valence electrons. The molecule has 0 saturated heterocycles. The number of H-pyrrole nitrogens is 1. The number of rotatable bonds is 1. The van der Waals surface area contributed by atoms with E-state index in [1.165, 1.54) is 0 Å². The number of nitrogens with zero attached hydrogens (tertiary/aromatic N) is 2. The van der Waals surface area contributed by atoms with Crippen LogP contribution in [0.15, 0.2) is 15.5 Å². The minimum atomic E-state index is -0.223. The maximum Gasteiger partial charge on any atom is 0.261 e. The Morgan fingerprint density at radius 2 is 2.25 bits per heavy atom. The van der Waals surface area contributed by atoms with Crippen molar-refractivity contribution in [1.29, 1.82) is 0 Å². The van der Waals surface area contributed by atoms with Crippen molar-refractivity contribution in [3.63, 3.8) is 0 Å². The zero-order valence-corrected chi connectivity index (χ0v) is 9.91. The van der Waals surface area contributed by atoms with Crippen LogP contribution in [-0.2, 0) is 0 Å². The van der Waals surface area contributed by atoms with Crippen LogP contribution in [0, 0.1) is 0 Å². The van der Waals surface area contributed by atoms with Gasteiger partial charge < -0.3 is 5.73 Å². The summed E-state index contributed by atoms with van der Waals surface area (Å²) in [5, 5.41) is 0.533. The van der Waals surface area contributed by atoms with Gasteiger partial charge in [0.15, 0.2) is 0 Å². The number of nitrogens with one attached hydrogen (secondary N) is 1. The number of aromatic nitrogens is 3. The largest absolute Gasteiger partial charge is 0.369 e. The van der Waals surface area contributed by atoms with E-state index in [0.29, 0.717) is 16.8 Å². The fraction of sp³-hybridized carbons (Fsp3) is 0.300. The molecular weight excluding hydrogens is 272 g/mol. The Morgan fingerprint density at radius 1 is 1.50 bits per heavy atom. The highest BCUT2D eigenvalue weighted by atomic mass is 79.9. The molecule has 1 saturated carbocycles. The third-order valence-corrected chi connectivity index (χ3v) is 3.50. The quantitative estimate of drug-likeness (QED) is 0.830. The van der Waals surface area contributed by atoms with Gasteiger partial charge in [0.2, 0.25) is 5.95 Å².